The third-order valence-corrected chi connectivity index (χ3v) is 2.44. The molecule has 0 aromatic rings. The summed E-state index contributed by atoms with van der Waals surface area (Å²) >= 11 is 0. The topological polar surface area (TPSA) is 130 Å². The van der Waals surface area contributed by atoms with Crippen LogP contribution in [0.15, 0.2) is 0 Å². The lowest BCUT2D eigenvalue weighted by Crippen LogP contribution is -2.04. The van der Waals surface area contributed by atoms with Crippen LogP contribution in [-0.4, -0.2) is 27.0 Å². The van der Waals surface area contributed by atoms with Crippen LogP contribution in [0.4, 0.5) is 4.79 Å². The molecule has 0 rings (SSSR count). The van der Waals surface area contributed by atoms with Gasteiger partial charge in [0, 0.05) is 0 Å². The van der Waals surface area contributed by atoms with Gasteiger partial charge in [-0.05, 0) is 6.92 Å². The van der Waals surface area contributed by atoms with Gasteiger partial charge < -0.3 is 13.9 Å². The van der Waals surface area contributed by atoms with Crippen molar-refractivity contribution in [2.24, 2.45) is 0 Å². The van der Waals surface area contributed by atoms with Gasteiger partial charge in [-0.25, -0.2) is 13.9 Å². The van der Waals surface area contributed by atoms with Gasteiger partial charge in [0.1, 0.15) is 0 Å². The average molecular weight is 234 g/mol. The van der Waals surface area contributed by atoms with E-state index in [1.54, 1.807) is 0 Å². The van der Waals surface area contributed by atoms with Crippen molar-refractivity contribution in [3.05, 3.63) is 0 Å². The van der Waals surface area contributed by atoms with Crippen molar-refractivity contribution in [2.75, 3.05) is 6.61 Å². The number of phosphoric ester groups is 1. The monoisotopic (exact) mass is 234 g/mol. The normalized spacial score (nSPS) is 16.3. The molecule has 8 nitrogen and oxygen atoms in total. The minimum absolute atomic E-state index is 0.260. The van der Waals surface area contributed by atoms with Gasteiger partial charge in [-0.3, -0.25) is 9.79 Å². The van der Waals surface area contributed by atoms with Crippen molar-refractivity contribution in [1.82, 2.24) is 0 Å². The fraction of sp³-hybridized carbons (Fsp3) is 0.667. The molecular weight excluding hydrogens is 226 g/mol. The third-order valence-electron chi connectivity index (χ3n) is 0.732. The molecule has 0 aromatic heterocycles. The van der Waals surface area contributed by atoms with Gasteiger partial charge >= 0.3 is 21.1 Å². The fourth-order valence-corrected chi connectivity index (χ4v) is 1.77. The van der Waals surface area contributed by atoms with E-state index in [1.165, 1.54) is 6.92 Å². The predicted molar refractivity (Wildman–Crippen MR) is 40.0 cm³/mol. The van der Waals surface area contributed by atoms with E-state index in [-0.39, 0.29) is 6.61 Å². The van der Waals surface area contributed by atoms with Crippen LogP contribution in [0.3, 0.4) is 0 Å². The highest BCUT2D eigenvalue weighted by Gasteiger charge is 2.37. The summed E-state index contributed by atoms with van der Waals surface area (Å²) in [6.07, 6.45) is 0. The summed E-state index contributed by atoms with van der Waals surface area (Å²) in [4.78, 5) is 35.4. The Morgan fingerprint density at radius 1 is 1.31 bits per heavy atom. The van der Waals surface area contributed by atoms with E-state index in [1.807, 2.05) is 0 Å². The molecule has 0 aliphatic heterocycles. The molecule has 1 atom stereocenters. The van der Waals surface area contributed by atoms with Gasteiger partial charge in [0.25, 0.3) is 0 Å². The Bertz CT molecular complexity index is 277. The smallest absolute Gasteiger partial charge is 0.361 e. The fourth-order valence-electron chi connectivity index (χ4n) is 0.381. The van der Waals surface area contributed by atoms with E-state index in [9.17, 15) is 13.9 Å². The van der Waals surface area contributed by atoms with Crippen molar-refractivity contribution in [3.63, 3.8) is 0 Å². The quantitative estimate of drug-likeness (QED) is 0.597. The molecule has 0 radical (unpaired) electrons. The van der Waals surface area contributed by atoms with E-state index in [0.29, 0.717) is 0 Å². The maximum atomic E-state index is 10.7. The number of rotatable bonds is 4. The second kappa shape index (κ2) is 4.32. The van der Waals surface area contributed by atoms with E-state index in [2.05, 4.69) is 9.05 Å². The Balaban J connectivity index is 4.44. The van der Waals surface area contributed by atoms with Crippen LogP contribution in [-0.2, 0) is 18.2 Å². The first-order valence-corrected chi connectivity index (χ1v) is 6.07. The molecule has 0 saturated heterocycles. The maximum absolute atomic E-state index is 10.7. The molecule has 0 spiro atoms. The van der Waals surface area contributed by atoms with Gasteiger partial charge in [-0.1, -0.05) is 0 Å². The minimum atomic E-state index is -5.10. The lowest BCUT2D eigenvalue weighted by atomic mass is 10.9. The number of phosphoric acid groups is 1. The van der Waals surface area contributed by atoms with Crippen LogP contribution in [0.5, 0.6) is 0 Å². The molecule has 0 aliphatic rings. The van der Waals surface area contributed by atoms with Gasteiger partial charge in [-0.2, -0.15) is 0 Å². The van der Waals surface area contributed by atoms with Gasteiger partial charge in [0.2, 0.25) is 0 Å². The lowest BCUT2D eigenvalue weighted by Gasteiger charge is -2.09. The van der Waals surface area contributed by atoms with Crippen molar-refractivity contribution in [1.29, 1.82) is 0 Å². The van der Waals surface area contributed by atoms with Gasteiger partial charge in [-0.15, -0.1) is 0 Å². The summed E-state index contributed by atoms with van der Waals surface area (Å²) in [6.45, 7) is 1.07. The number of hydrogen-bond acceptors (Lipinski definition) is 5. The van der Waals surface area contributed by atoms with Crippen LogP contribution in [0.2, 0.25) is 0 Å². The molecule has 0 amide bonds. The van der Waals surface area contributed by atoms with Crippen molar-refractivity contribution >= 4 is 21.1 Å². The lowest BCUT2D eigenvalue weighted by molar-refractivity contribution is 0.182. The van der Waals surface area contributed by atoms with Crippen LogP contribution < -0.4 is 0 Å². The molecule has 0 heterocycles. The summed E-state index contributed by atoms with van der Waals surface area (Å²) in [5.41, 5.74) is -1.97. The van der Waals surface area contributed by atoms with Crippen LogP contribution >= 0.6 is 15.4 Å². The Kier molecular flexibility index (Phi) is 4.25. The largest absolute Gasteiger partial charge is 0.527 e. The summed E-state index contributed by atoms with van der Waals surface area (Å²) in [5, 5.41) is 0. The first-order chi connectivity index (χ1) is 5.69. The molecule has 1 unspecified atom stereocenters. The van der Waals surface area contributed by atoms with Crippen molar-refractivity contribution in [2.45, 2.75) is 6.92 Å². The predicted octanol–water partition coefficient (Wildman–Crippen LogP) is 0.438. The Morgan fingerprint density at radius 2 is 1.77 bits per heavy atom. The van der Waals surface area contributed by atoms with Crippen LogP contribution in [0, 0.1) is 0 Å². The molecule has 78 valence electrons. The molecule has 10 heteroatoms. The van der Waals surface area contributed by atoms with E-state index < -0.39 is 21.1 Å². The number of carbonyl (C=O) groups excluding carboxylic acids is 1. The Labute approximate surface area is 73.3 Å². The second-order valence-corrected chi connectivity index (χ2v) is 4.61. The molecule has 0 aromatic carbocycles. The van der Waals surface area contributed by atoms with Gasteiger partial charge in [0.15, 0.2) is 0 Å². The van der Waals surface area contributed by atoms with E-state index >= 15 is 0 Å². The summed E-state index contributed by atoms with van der Waals surface area (Å²) in [5.74, 6) is 0. The average Bonchev–Trinajstić information content (AvgIpc) is 1.82. The zero-order valence-corrected chi connectivity index (χ0v) is 8.27. The molecule has 13 heavy (non-hydrogen) atoms. The molecule has 3 N–H and O–H groups in total. The highest BCUT2D eigenvalue weighted by Crippen LogP contribution is 2.50. The van der Waals surface area contributed by atoms with Gasteiger partial charge in [0.05, 0.1) is 6.61 Å². The number of carbonyl (C=O) groups is 1. The van der Waals surface area contributed by atoms with E-state index in [0.717, 1.165) is 0 Å². The van der Waals surface area contributed by atoms with Crippen LogP contribution in [0.25, 0.3) is 0 Å². The minimum Gasteiger partial charge on any atom is -0.361 e. The summed E-state index contributed by atoms with van der Waals surface area (Å²) in [6, 6.07) is 0. The standard InChI is InChI=1S/C3H8O8P2/c1-2-10-12(5,6)3(4)11-13(7,8)9/h2H2,1H3,(H,5,6)(H2,7,8,9). The second-order valence-electron chi connectivity index (χ2n) is 1.79. The first kappa shape index (κ1) is 12.8. The maximum Gasteiger partial charge on any atom is 0.527 e. The molecule has 0 saturated carbocycles. The highest BCUT2D eigenvalue weighted by molar-refractivity contribution is 7.71. The molecule has 0 aliphatic carbocycles. The zero-order valence-electron chi connectivity index (χ0n) is 6.48. The number of hydrogen-bond donors (Lipinski definition) is 3. The van der Waals surface area contributed by atoms with Crippen LogP contribution in [0.1, 0.15) is 6.92 Å². The van der Waals surface area contributed by atoms with Crippen molar-refractivity contribution in [3.8, 4) is 0 Å². The summed E-state index contributed by atoms with van der Waals surface area (Å²) in [7, 11) is -9.84. The third kappa shape index (κ3) is 5.15. The van der Waals surface area contributed by atoms with Crippen molar-refractivity contribution < 1.29 is 37.7 Å². The Hall–Kier alpha value is -0.230. The first-order valence-electron chi connectivity index (χ1n) is 2.96. The SMILES string of the molecule is CCOP(=O)(O)C(=O)OP(=O)(O)O. The Morgan fingerprint density at radius 3 is 2.08 bits per heavy atom. The summed E-state index contributed by atoms with van der Waals surface area (Å²) < 4.78 is 28.1. The zero-order chi connectivity index (χ0) is 10.7. The van der Waals surface area contributed by atoms with E-state index in [4.69, 9.17) is 14.7 Å². The molecule has 0 fully saturated rings. The molecule has 0 bridgehead atoms. The highest BCUT2D eigenvalue weighted by atomic mass is 31.2. The molecular formula is C3H8O8P2.